The zero-order valence-electron chi connectivity index (χ0n) is 16.4. The first-order valence-electron chi connectivity index (χ1n) is 9.66. The number of aromatic amines is 1. The number of halogens is 1. The standard InChI is InChI=1S/C23H27ClN2O/c1-5-23(2,3)14-6-9-20(27-4)18(12-14)21-22-16(10-11-25-21)17-13-15(24)7-8-19(17)26-22/h6-9,12-13,21,25-26H,5,10-11H2,1-4H3. The van der Waals surface area contributed by atoms with Gasteiger partial charge in [0.25, 0.3) is 0 Å². The second-order valence-electron chi connectivity index (χ2n) is 8.04. The molecule has 1 aliphatic rings. The Labute approximate surface area is 166 Å². The summed E-state index contributed by atoms with van der Waals surface area (Å²) in [7, 11) is 1.75. The molecule has 1 aromatic heterocycles. The maximum absolute atomic E-state index is 6.26. The molecule has 1 atom stereocenters. The zero-order chi connectivity index (χ0) is 19.2. The summed E-state index contributed by atoms with van der Waals surface area (Å²) in [6, 6.07) is 12.8. The average Bonchev–Trinajstić information content (AvgIpc) is 3.05. The molecule has 2 heterocycles. The van der Waals surface area contributed by atoms with Gasteiger partial charge in [-0.25, -0.2) is 0 Å². The van der Waals surface area contributed by atoms with Gasteiger partial charge in [0.05, 0.1) is 13.2 Å². The zero-order valence-corrected chi connectivity index (χ0v) is 17.2. The van der Waals surface area contributed by atoms with Crippen molar-refractivity contribution >= 4 is 22.5 Å². The van der Waals surface area contributed by atoms with Crippen molar-refractivity contribution in [2.75, 3.05) is 13.7 Å². The molecular formula is C23H27ClN2O. The van der Waals surface area contributed by atoms with Gasteiger partial charge in [-0.05, 0) is 59.7 Å². The fourth-order valence-corrected chi connectivity index (χ4v) is 4.22. The molecule has 0 amide bonds. The molecule has 4 heteroatoms. The minimum atomic E-state index is 0.0856. The lowest BCUT2D eigenvalue weighted by Crippen LogP contribution is -2.31. The Morgan fingerprint density at radius 1 is 1.19 bits per heavy atom. The van der Waals surface area contributed by atoms with Crippen molar-refractivity contribution in [2.45, 2.75) is 45.1 Å². The summed E-state index contributed by atoms with van der Waals surface area (Å²) in [5, 5.41) is 5.71. The molecule has 1 unspecified atom stereocenters. The third kappa shape index (κ3) is 3.13. The van der Waals surface area contributed by atoms with E-state index in [1.807, 2.05) is 6.07 Å². The normalized spacial score (nSPS) is 17.1. The van der Waals surface area contributed by atoms with E-state index in [4.69, 9.17) is 16.3 Å². The number of ether oxygens (including phenoxy) is 1. The van der Waals surface area contributed by atoms with Crippen LogP contribution in [0.2, 0.25) is 5.02 Å². The van der Waals surface area contributed by atoms with Crippen molar-refractivity contribution < 1.29 is 4.74 Å². The lowest BCUT2D eigenvalue weighted by molar-refractivity contribution is 0.400. The molecule has 4 rings (SSSR count). The van der Waals surface area contributed by atoms with Gasteiger partial charge in [0, 0.05) is 33.7 Å². The third-order valence-electron chi connectivity index (χ3n) is 6.12. The number of fused-ring (bicyclic) bond motifs is 3. The van der Waals surface area contributed by atoms with E-state index in [1.54, 1.807) is 7.11 Å². The molecule has 0 fully saturated rings. The van der Waals surface area contributed by atoms with Crippen LogP contribution in [0.25, 0.3) is 10.9 Å². The molecule has 0 aliphatic carbocycles. The molecule has 1 aliphatic heterocycles. The second kappa shape index (κ2) is 6.88. The molecule has 0 saturated carbocycles. The Balaban J connectivity index is 1.88. The van der Waals surface area contributed by atoms with Crippen molar-refractivity contribution in [2.24, 2.45) is 0 Å². The van der Waals surface area contributed by atoms with Crippen LogP contribution in [0.15, 0.2) is 36.4 Å². The monoisotopic (exact) mass is 382 g/mol. The Bertz CT molecular complexity index is 989. The van der Waals surface area contributed by atoms with Crippen LogP contribution >= 0.6 is 11.6 Å². The first-order chi connectivity index (χ1) is 12.9. The summed E-state index contributed by atoms with van der Waals surface area (Å²) in [5.74, 6) is 0.924. The fourth-order valence-electron chi connectivity index (χ4n) is 4.05. The predicted octanol–water partition coefficient (Wildman–Crippen LogP) is 5.75. The van der Waals surface area contributed by atoms with Gasteiger partial charge in [-0.3, -0.25) is 0 Å². The SMILES string of the molecule is CCC(C)(C)c1ccc(OC)c(C2NCCc3c2[nH]c2ccc(Cl)cc32)c1. The van der Waals surface area contributed by atoms with Crippen molar-refractivity contribution in [1.29, 1.82) is 0 Å². The van der Waals surface area contributed by atoms with E-state index in [0.717, 1.165) is 35.7 Å². The summed E-state index contributed by atoms with van der Waals surface area (Å²) in [6.07, 6.45) is 2.08. The highest BCUT2D eigenvalue weighted by atomic mass is 35.5. The second-order valence-corrected chi connectivity index (χ2v) is 8.47. The van der Waals surface area contributed by atoms with Gasteiger partial charge in [-0.2, -0.15) is 0 Å². The number of nitrogens with one attached hydrogen (secondary N) is 2. The molecule has 0 spiro atoms. The summed E-state index contributed by atoms with van der Waals surface area (Å²) in [6.45, 7) is 7.76. The van der Waals surface area contributed by atoms with Gasteiger partial charge in [0.2, 0.25) is 0 Å². The van der Waals surface area contributed by atoms with Crippen molar-refractivity contribution in [1.82, 2.24) is 10.3 Å². The Kier molecular flexibility index (Phi) is 4.69. The highest BCUT2D eigenvalue weighted by Crippen LogP contribution is 2.39. The van der Waals surface area contributed by atoms with Crippen molar-refractivity contribution in [3.63, 3.8) is 0 Å². The minimum absolute atomic E-state index is 0.0856. The van der Waals surface area contributed by atoms with Gasteiger partial charge in [0.1, 0.15) is 5.75 Å². The van der Waals surface area contributed by atoms with E-state index in [-0.39, 0.29) is 11.5 Å². The summed E-state index contributed by atoms with van der Waals surface area (Å²) < 4.78 is 5.73. The van der Waals surface area contributed by atoms with Crippen LogP contribution in [-0.4, -0.2) is 18.6 Å². The summed E-state index contributed by atoms with van der Waals surface area (Å²) in [5.41, 5.74) is 6.39. The highest BCUT2D eigenvalue weighted by molar-refractivity contribution is 6.31. The number of aromatic nitrogens is 1. The van der Waals surface area contributed by atoms with Crippen LogP contribution in [0.5, 0.6) is 5.75 Å². The molecule has 0 bridgehead atoms. The number of benzene rings is 2. The molecule has 142 valence electrons. The maximum atomic E-state index is 6.26. The molecule has 2 aromatic carbocycles. The van der Waals surface area contributed by atoms with Crippen LogP contribution in [0.3, 0.4) is 0 Å². The highest BCUT2D eigenvalue weighted by Gasteiger charge is 2.29. The van der Waals surface area contributed by atoms with Gasteiger partial charge in [0.15, 0.2) is 0 Å². The maximum Gasteiger partial charge on any atom is 0.124 e. The van der Waals surface area contributed by atoms with Crippen LogP contribution in [-0.2, 0) is 11.8 Å². The number of hydrogen-bond donors (Lipinski definition) is 2. The first kappa shape index (κ1) is 18.4. The summed E-state index contributed by atoms with van der Waals surface area (Å²) >= 11 is 6.26. The van der Waals surface area contributed by atoms with Gasteiger partial charge in [-0.15, -0.1) is 0 Å². The molecule has 3 nitrogen and oxygen atoms in total. The quantitative estimate of drug-likeness (QED) is 0.602. The molecule has 27 heavy (non-hydrogen) atoms. The molecule has 0 saturated heterocycles. The van der Waals surface area contributed by atoms with Crippen LogP contribution in [0.4, 0.5) is 0 Å². The molecule has 2 N–H and O–H groups in total. The topological polar surface area (TPSA) is 37.0 Å². The van der Waals surface area contributed by atoms with E-state index in [1.165, 1.54) is 27.8 Å². The van der Waals surface area contributed by atoms with E-state index in [0.29, 0.717) is 0 Å². The molecule has 0 radical (unpaired) electrons. The number of H-pyrrole nitrogens is 1. The van der Waals surface area contributed by atoms with E-state index in [2.05, 4.69) is 61.4 Å². The fraction of sp³-hybridized carbons (Fsp3) is 0.391. The van der Waals surface area contributed by atoms with E-state index in [9.17, 15) is 0 Å². The molecular weight excluding hydrogens is 356 g/mol. The Morgan fingerprint density at radius 2 is 2.00 bits per heavy atom. The lowest BCUT2D eigenvalue weighted by Gasteiger charge is -2.29. The van der Waals surface area contributed by atoms with Crippen LogP contribution in [0.1, 0.15) is 55.6 Å². The number of methoxy groups -OCH3 is 1. The van der Waals surface area contributed by atoms with Crippen LogP contribution in [0, 0.1) is 0 Å². The van der Waals surface area contributed by atoms with Gasteiger partial charge >= 0.3 is 0 Å². The minimum Gasteiger partial charge on any atom is -0.496 e. The average molecular weight is 383 g/mol. The molecule has 3 aromatic rings. The van der Waals surface area contributed by atoms with E-state index >= 15 is 0 Å². The smallest absolute Gasteiger partial charge is 0.124 e. The van der Waals surface area contributed by atoms with E-state index < -0.39 is 0 Å². The van der Waals surface area contributed by atoms with Crippen molar-refractivity contribution in [3.8, 4) is 5.75 Å². The van der Waals surface area contributed by atoms with Crippen LogP contribution < -0.4 is 10.1 Å². The number of hydrogen-bond acceptors (Lipinski definition) is 2. The Morgan fingerprint density at radius 3 is 2.74 bits per heavy atom. The first-order valence-corrected chi connectivity index (χ1v) is 10.0. The predicted molar refractivity (Wildman–Crippen MR) is 113 cm³/mol. The van der Waals surface area contributed by atoms with Gasteiger partial charge < -0.3 is 15.0 Å². The van der Waals surface area contributed by atoms with Gasteiger partial charge in [-0.1, -0.05) is 38.4 Å². The van der Waals surface area contributed by atoms with Crippen molar-refractivity contribution in [3.05, 3.63) is 63.8 Å². The largest absolute Gasteiger partial charge is 0.496 e. The lowest BCUT2D eigenvalue weighted by atomic mass is 9.80. The number of rotatable bonds is 4. The summed E-state index contributed by atoms with van der Waals surface area (Å²) in [4.78, 5) is 3.64. The Hall–Kier alpha value is -1.97. The third-order valence-corrected chi connectivity index (χ3v) is 6.35.